The van der Waals surface area contributed by atoms with Gasteiger partial charge in [0.2, 0.25) is 10.0 Å². The van der Waals surface area contributed by atoms with Crippen molar-refractivity contribution in [2.75, 3.05) is 29.8 Å². The fourth-order valence-electron chi connectivity index (χ4n) is 3.99. The molecule has 0 spiro atoms. The Bertz CT molecular complexity index is 1470. The Morgan fingerprint density at radius 1 is 1.09 bits per heavy atom. The summed E-state index contributed by atoms with van der Waals surface area (Å²) in [6, 6.07) is 6.46. The molecule has 3 aliphatic heterocycles. The Balaban J connectivity index is 1.62. The van der Waals surface area contributed by atoms with Crippen molar-refractivity contribution in [2.24, 2.45) is 5.92 Å². The third-order valence-electron chi connectivity index (χ3n) is 6.19. The molecule has 1 saturated heterocycles. The lowest BCUT2D eigenvalue weighted by Gasteiger charge is -2.30. The fraction of sp³-hybridized carbons (Fsp3) is 0.455. The zero-order chi connectivity index (χ0) is 25.5. The summed E-state index contributed by atoms with van der Waals surface area (Å²) in [4.78, 5) is 17.9. The van der Waals surface area contributed by atoms with Crippen molar-refractivity contribution in [1.29, 1.82) is 0 Å². The Labute approximate surface area is 214 Å². The van der Waals surface area contributed by atoms with E-state index in [9.17, 15) is 21.6 Å². The highest BCUT2D eigenvalue weighted by molar-refractivity contribution is 8.01. The summed E-state index contributed by atoms with van der Waals surface area (Å²) in [5.41, 5.74) is 1.58. The Morgan fingerprint density at radius 3 is 2.31 bits per heavy atom. The molecule has 0 bridgehead atoms. The van der Waals surface area contributed by atoms with Crippen LogP contribution in [0.5, 0.6) is 0 Å². The minimum Gasteiger partial charge on any atom is -0.261 e. The quantitative estimate of drug-likeness (QED) is 0.444. The number of nitrogens with zero attached hydrogens (tertiary/aromatic N) is 3. The molecule has 0 aliphatic carbocycles. The van der Waals surface area contributed by atoms with Crippen LogP contribution in [-0.2, 0) is 20.0 Å². The number of sulfonamides is 2. The Morgan fingerprint density at radius 2 is 1.71 bits per heavy atom. The average molecular weight is 557 g/mol. The molecule has 3 heterocycles. The molecule has 0 radical (unpaired) electrons. The van der Waals surface area contributed by atoms with Gasteiger partial charge in [-0.1, -0.05) is 17.7 Å². The number of nitrogens with one attached hydrogen (secondary N) is 1. The molecule has 0 amide bonds. The molecule has 4 rings (SSSR count). The third-order valence-corrected chi connectivity index (χ3v) is 11.5. The molecule has 0 atom stereocenters. The standard InChI is InChI=1S/C22H28N4O5S4/c1-14-5-7-18(8-6-14)35(30,31)24-20-19-21(33-16(3)15(2)26(19)22(27)23-20)32-13-17-9-11-25(12-10-17)34(4,28)29/h5-8,17H,9-13H2,1-4H3,(H,23,24,27). The second-order valence-corrected chi connectivity index (χ2v) is 15.0. The highest BCUT2D eigenvalue weighted by Gasteiger charge is 2.29. The van der Waals surface area contributed by atoms with E-state index in [1.54, 1.807) is 23.9 Å². The number of hydrogen-bond acceptors (Lipinski definition) is 8. The van der Waals surface area contributed by atoms with Crippen LogP contribution >= 0.6 is 23.1 Å². The number of benzene rings is 1. The van der Waals surface area contributed by atoms with Crippen molar-refractivity contribution in [3.63, 3.8) is 0 Å². The van der Waals surface area contributed by atoms with E-state index in [0.717, 1.165) is 33.2 Å². The van der Waals surface area contributed by atoms with Gasteiger partial charge in [-0.2, -0.15) is 4.98 Å². The van der Waals surface area contributed by atoms with Crippen LogP contribution in [0, 0.1) is 26.7 Å². The molecule has 1 N–H and O–H groups in total. The van der Waals surface area contributed by atoms with Crippen LogP contribution in [-0.4, -0.2) is 55.8 Å². The van der Waals surface area contributed by atoms with Crippen LogP contribution in [0.2, 0.25) is 0 Å². The average Bonchev–Trinajstić information content (AvgIpc) is 3.10. The number of imidazole rings is 1. The molecular formula is C22H28N4O5S4. The molecule has 3 aliphatic rings. The lowest BCUT2D eigenvalue weighted by molar-refractivity contribution is 0.292. The van der Waals surface area contributed by atoms with Gasteiger partial charge in [-0.3, -0.25) is 9.29 Å². The summed E-state index contributed by atoms with van der Waals surface area (Å²) in [7, 11) is -7.12. The predicted molar refractivity (Wildman–Crippen MR) is 140 cm³/mol. The van der Waals surface area contributed by atoms with Crippen molar-refractivity contribution in [1.82, 2.24) is 13.9 Å². The summed E-state index contributed by atoms with van der Waals surface area (Å²) < 4.78 is 55.9. The number of anilines is 1. The van der Waals surface area contributed by atoms with E-state index in [4.69, 9.17) is 0 Å². The maximum Gasteiger partial charge on any atom is 0.354 e. The monoisotopic (exact) mass is 556 g/mol. The van der Waals surface area contributed by atoms with Gasteiger partial charge in [-0.15, -0.1) is 23.1 Å². The van der Waals surface area contributed by atoms with E-state index in [0.29, 0.717) is 30.4 Å². The maximum absolute atomic E-state index is 13.0. The normalized spacial score (nSPS) is 16.1. The molecule has 190 valence electrons. The van der Waals surface area contributed by atoms with E-state index in [2.05, 4.69) is 9.71 Å². The third kappa shape index (κ3) is 5.58. The van der Waals surface area contributed by atoms with Crippen molar-refractivity contribution in [2.45, 2.75) is 42.7 Å². The highest BCUT2D eigenvalue weighted by atomic mass is 32.2. The van der Waals surface area contributed by atoms with Crippen molar-refractivity contribution < 1.29 is 16.8 Å². The van der Waals surface area contributed by atoms with Crippen molar-refractivity contribution >= 4 is 49.0 Å². The first kappa shape index (κ1) is 26.1. The van der Waals surface area contributed by atoms with E-state index in [1.807, 2.05) is 20.8 Å². The SMILES string of the molecule is Cc1ccc(S(=O)(=O)Nc2nc(=O)n3c(C)c(C)sc(SCC4CCN(S(C)(=O)=O)CC4)c2-3)cc1. The molecule has 1 fully saturated rings. The number of aryl methyl sites for hydroxylation is 2. The van der Waals surface area contributed by atoms with Gasteiger partial charge in [0.15, 0.2) is 5.82 Å². The molecule has 0 saturated carbocycles. The first-order valence-corrected chi connectivity index (χ1v) is 16.2. The molecule has 13 heteroatoms. The van der Waals surface area contributed by atoms with Gasteiger partial charge in [-0.05, 0) is 51.7 Å². The zero-order valence-electron chi connectivity index (χ0n) is 19.9. The van der Waals surface area contributed by atoms with Gasteiger partial charge in [0.1, 0.15) is 5.69 Å². The predicted octanol–water partition coefficient (Wildman–Crippen LogP) is 3.22. The number of fused-ring (bicyclic) bond motifs is 1. The first-order valence-electron chi connectivity index (χ1n) is 11.1. The lowest BCUT2D eigenvalue weighted by Crippen LogP contribution is -2.38. The molecule has 0 aromatic heterocycles. The van der Waals surface area contributed by atoms with Gasteiger partial charge < -0.3 is 0 Å². The van der Waals surface area contributed by atoms with E-state index < -0.39 is 25.7 Å². The minimum atomic E-state index is -3.94. The van der Waals surface area contributed by atoms with Crippen molar-refractivity contribution in [3.05, 3.63) is 50.9 Å². The second-order valence-electron chi connectivity index (χ2n) is 8.79. The Hall–Kier alpha value is -1.93. The number of thioether (sulfide) groups is 1. The largest absolute Gasteiger partial charge is 0.354 e. The Kier molecular flexibility index (Phi) is 7.36. The summed E-state index contributed by atoms with van der Waals surface area (Å²) in [5.74, 6) is 1.06. The highest BCUT2D eigenvalue weighted by Crippen LogP contribution is 2.40. The molecule has 1 aromatic carbocycles. The van der Waals surface area contributed by atoms with Crippen LogP contribution < -0.4 is 10.4 Å². The van der Waals surface area contributed by atoms with Gasteiger partial charge in [0, 0.05) is 29.4 Å². The number of piperidine rings is 1. The lowest BCUT2D eigenvalue weighted by atomic mass is 10.0. The van der Waals surface area contributed by atoms with Crippen LogP contribution in [0.3, 0.4) is 0 Å². The van der Waals surface area contributed by atoms with Gasteiger partial charge in [0.25, 0.3) is 10.0 Å². The van der Waals surface area contributed by atoms with Crippen LogP contribution in [0.1, 0.15) is 29.0 Å². The van der Waals surface area contributed by atoms with Gasteiger partial charge >= 0.3 is 5.69 Å². The van der Waals surface area contributed by atoms with Gasteiger partial charge in [0.05, 0.1) is 15.4 Å². The maximum atomic E-state index is 13.0. The molecule has 1 aromatic rings. The topological polar surface area (TPSA) is 118 Å². The minimum absolute atomic E-state index is 0.0179. The van der Waals surface area contributed by atoms with E-state index >= 15 is 0 Å². The summed E-state index contributed by atoms with van der Waals surface area (Å²) in [6.07, 6.45) is 2.74. The summed E-state index contributed by atoms with van der Waals surface area (Å²) in [5, 5.41) is 0. The van der Waals surface area contributed by atoms with E-state index in [1.165, 1.54) is 38.6 Å². The van der Waals surface area contributed by atoms with E-state index in [-0.39, 0.29) is 10.7 Å². The summed E-state index contributed by atoms with van der Waals surface area (Å²) in [6.45, 7) is 6.60. The smallest absolute Gasteiger partial charge is 0.261 e. The first-order chi connectivity index (χ1) is 16.4. The second kappa shape index (κ2) is 9.85. The number of hydrogen-bond donors (Lipinski definition) is 1. The van der Waals surface area contributed by atoms with Crippen molar-refractivity contribution in [3.8, 4) is 5.69 Å². The summed E-state index contributed by atoms with van der Waals surface area (Å²) >= 11 is 3.06. The zero-order valence-corrected chi connectivity index (χ0v) is 23.2. The molecule has 35 heavy (non-hydrogen) atoms. The number of aromatic nitrogens is 2. The van der Waals surface area contributed by atoms with Crippen LogP contribution in [0.25, 0.3) is 5.69 Å². The number of rotatable bonds is 7. The molecule has 9 nitrogen and oxygen atoms in total. The van der Waals surface area contributed by atoms with Crippen LogP contribution in [0.15, 0.2) is 38.2 Å². The van der Waals surface area contributed by atoms with Crippen LogP contribution in [0.4, 0.5) is 5.82 Å². The molecule has 0 unspecified atom stereocenters. The fourth-order valence-corrected chi connectivity index (χ4v) is 8.54. The van der Waals surface area contributed by atoms with Gasteiger partial charge in [-0.25, -0.2) is 25.9 Å². The molecular weight excluding hydrogens is 529 g/mol.